The Balaban J connectivity index is 2.90. The van der Waals surface area contributed by atoms with Gasteiger partial charge in [0.1, 0.15) is 5.15 Å². The van der Waals surface area contributed by atoms with Crippen molar-refractivity contribution >= 4 is 23.2 Å². The van der Waals surface area contributed by atoms with Crippen molar-refractivity contribution in [2.45, 2.75) is 6.54 Å². The van der Waals surface area contributed by atoms with Crippen LogP contribution in [-0.4, -0.2) is 12.0 Å². The van der Waals surface area contributed by atoms with E-state index in [0.717, 1.165) is 5.56 Å². The van der Waals surface area contributed by atoms with Gasteiger partial charge in [0.2, 0.25) is 0 Å². The van der Waals surface area contributed by atoms with Gasteiger partial charge < -0.3 is 5.32 Å². The van der Waals surface area contributed by atoms with Gasteiger partial charge in [-0.15, -0.1) is 0 Å². The molecule has 60 valence electrons. The van der Waals surface area contributed by atoms with Gasteiger partial charge in [-0.3, -0.25) is 0 Å². The molecule has 0 atom stereocenters. The second-order valence-electron chi connectivity index (χ2n) is 2.13. The first-order chi connectivity index (χ1) is 5.24. The highest BCUT2D eigenvalue weighted by Crippen LogP contribution is 2.17. The molecule has 0 fully saturated rings. The molecule has 0 aromatic carbocycles. The molecule has 0 radical (unpaired) electrons. The third-order valence-corrected chi connectivity index (χ3v) is 1.82. The first-order valence-corrected chi connectivity index (χ1v) is 3.94. The van der Waals surface area contributed by atoms with E-state index in [4.69, 9.17) is 23.2 Å². The predicted octanol–water partition coefficient (Wildman–Crippen LogP) is 2.11. The lowest BCUT2D eigenvalue weighted by Crippen LogP contribution is -2.05. The Morgan fingerprint density at radius 2 is 2.27 bits per heavy atom. The van der Waals surface area contributed by atoms with E-state index in [-0.39, 0.29) is 0 Å². The van der Waals surface area contributed by atoms with Crippen molar-refractivity contribution in [1.82, 2.24) is 10.3 Å². The highest BCUT2D eigenvalue weighted by Gasteiger charge is 1.99. The van der Waals surface area contributed by atoms with E-state index in [2.05, 4.69) is 10.3 Å². The van der Waals surface area contributed by atoms with E-state index in [1.807, 2.05) is 7.05 Å². The topological polar surface area (TPSA) is 24.9 Å². The molecule has 1 N–H and O–H groups in total. The highest BCUT2D eigenvalue weighted by atomic mass is 35.5. The molecule has 0 aliphatic heterocycles. The summed E-state index contributed by atoms with van der Waals surface area (Å²) < 4.78 is 0. The zero-order valence-corrected chi connectivity index (χ0v) is 7.58. The molecular weight excluding hydrogens is 183 g/mol. The number of hydrogen-bond donors (Lipinski definition) is 1. The molecule has 1 rings (SSSR count). The fourth-order valence-corrected chi connectivity index (χ4v) is 1.19. The standard InChI is InChI=1S/C7H8Cl2N2/c1-10-3-5-4-11-7(9)2-6(5)8/h2,4,10H,3H2,1H3. The van der Waals surface area contributed by atoms with Crippen molar-refractivity contribution in [3.63, 3.8) is 0 Å². The second kappa shape index (κ2) is 3.90. The Morgan fingerprint density at radius 3 is 2.82 bits per heavy atom. The average Bonchev–Trinajstić information content (AvgIpc) is 1.95. The van der Waals surface area contributed by atoms with Gasteiger partial charge in [-0.05, 0) is 13.1 Å². The molecule has 0 aliphatic carbocycles. The minimum absolute atomic E-state index is 0.426. The number of halogens is 2. The number of nitrogens with zero attached hydrogens (tertiary/aromatic N) is 1. The Bertz CT molecular complexity index is 250. The monoisotopic (exact) mass is 190 g/mol. The SMILES string of the molecule is CNCc1cnc(Cl)cc1Cl. The largest absolute Gasteiger partial charge is 0.316 e. The first kappa shape index (κ1) is 8.78. The Morgan fingerprint density at radius 1 is 1.55 bits per heavy atom. The molecule has 0 saturated heterocycles. The van der Waals surface area contributed by atoms with Gasteiger partial charge in [-0.1, -0.05) is 23.2 Å². The van der Waals surface area contributed by atoms with E-state index < -0.39 is 0 Å². The third kappa shape index (κ3) is 2.33. The maximum Gasteiger partial charge on any atom is 0.130 e. The highest BCUT2D eigenvalue weighted by molar-refractivity contribution is 6.34. The Hall–Kier alpha value is -0.310. The summed E-state index contributed by atoms with van der Waals surface area (Å²) in [5, 5.41) is 4.05. The smallest absolute Gasteiger partial charge is 0.130 e. The third-order valence-electron chi connectivity index (χ3n) is 1.26. The van der Waals surface area contributed by atoms with Crippen LogP contribution in [0.2, 0.25) is 10.2 Å². The van der Waals surface area contributed by atoms with Crippen LogP contribution < -0.4 is 5.32 Å². The zero-order valence-electron chi connectivity index (χ0n) is 6.06. The maximum atomic E-state index is 5.84. The number of nitrogens with one attached hydrogen (secondary N) is 1. The van der Waals surface area contributed by atoms with Gasteiger partial charge >= 0.3 is 0 Å². The summed E-state index contributed by atoms with van der Waals surface area (Å²) in [6.07, 6.45) is 1.67. The molecule has 0 saturated carbocycles. The lowest BCUT2D eigenvalue weighted by atomic mass is 10.3. The first-order valence-electron chi connectivity index (χ1n) is 3.18. The summed E-state index contributed by atoms with van der Waals surface area (Å²) in [6.45, 7) is 0.711. The lowest BCUT2D eigenvalue weighted by molar-refractivity contribution is 0.813. The van der Waals surface area contributed by atoms with Crippen LogP contribution in [0, 0.1) is 0 Å². The summed E-state index contributed by atoms with van der Waals surface area (Å²) in [4.78, 5) is 3.90. The van der Waals surface area contributed by atoms with Crippen LogP contribution in [0.15, 0.2) is 12.3 Å². The molecule has 4 heteroatoms. The van der Waals surface area contributed by atoms with Crippen LogP contribution in [0.5, 0.6) is 0 Å². The normalized spacial score (nSPS) is 10.1. The summed E-state index contributed by atoms with van der Waals surface area (Å²) in [7, 11) is 1.85. The average molecular weight is 191 g/mol. The molecule has 0 bridgehead atoms. The Labute approximate surface area is 75.5 Å². The molecule has 0 aliphatic rings. The van der Waals surface area contributed by atoms with Crippen LogP contribution in [0.1, 0.15) is 5.56 Å². The quantitative estimate of drug-likeness (QED) is 0.724. The lowest BCUT2D eigenvalue weighted by Gasteiger charge is -2.01. The number of aromatic nitrogens is 1. The molecule has 1 aromatic rings. The minimum atomic E-state index is 0.426. The van der Waals surface area contributed by atoms with Crippen LogP contribution in [0.4, 0.5) is 0 Å². The fraction of sp³-hybridized carbons (Fsp3) is 0.286. The fourth-order valence-electron chi connectivity index (χ4n) is 0.756. The molecule has 0 spiro atoms. The van der Waals surface area contributed by atoms with E-state index in [1.54, 1.807) is 12.3 Å². The zero-order chi connectivity index (χ0) is 8.27. The van der Waals surface area contributed by atoms with Crippen LogP contribution in [0.25, 0.3) is 0 Å². The summed E-state index contributed by atoms with van der Waals surface area (Å²) >= 11 is 11.4. The van der Waals surface area contributed by atoms with Crippen molar-refractivity contribution in [1.29, 1.82) is 0 Å². The number of hydrogen-bond acceptors (Lipinski definition) is 2. The Kier molecular flexibility index (Phi) is 3.12. The van der Waals surface area contributed by atoms with Gasteiger partial charge in [-0.2, -0.15) is 0 Å². The summed E-state index contributed by atoms with van der Waals surface area (Å²) in [5.74, 6) is 0. The predicted molar refractivity (Wildman–Crippen MR) is 47.0 cm³/mol. The molecule has 11 heavy (non-hydrogen) atoms. The van der Waals surface area contributed by atoms with Gasteiger partial charge in [0.05, 0.1) is 0 Å². The molecular formula is C7H8Cl2N2. The number of pyridine rings is 1. The van der Waals surface area contributed by atoms with Crippen molar-refractivity contribution in [2.24, 2.45) is 0 Å². The summed E-state index contributed by atoms with van der Waals surface area (Å²) in [6, 6.07) is 1.63. The molecule has 0 amide bonds. The van der Waals surface area contributed by atoms with Crippen LogP contribution in [-0.2, 0) is 6.54 Å². The minimum Gasteiger partial charge on any atom is -0.316 e. The van der Waals surface area contributed by atoms with Crippen LogP contribution in [0.3, 0.4) is 0 Å². The van der Waals surface area contributed by atoms with E-state index in [1.165, 1.54) is 0 Å². The van der Waals surface area contributed by atoms with Gasteiger partial charge in [0, 0.05) is 23.3 Å². The molecule has 2 nitrogen and oxygen atoms in total. The van der Waals surface area contributed by atoms with Gasteiger partial charge in [-0.25, -0.2) is 4.98 Å². The molecule has 0 unspecified atom stereocenters. The van der Waals surface area contributed by atoms with E-state index in [9.17, 15) is 0 Å². The second-order valence-corrected chi connectivity index (χ2v) is 2.92. The maximum absolute atomic E-state index is 5.84. The van der Waals surface area contributed by atoms with Crippen LogP contribution >= 0.6 is 23.2 Å². The summed E-state index contributed by atoms with van der Waals surface area (Å²) in [5.41, 5.74) is 0.957. The molecule has 1 aromatic heterocycles. The van der Waals surface area contributed by atoms with Crippen molar-refractivity contribution < 1.29 is 0 Å². The van der Waals surface area contributed by atoms with E-state index >= 15 is 0 Å². The van der Waals surface area contributed by atoms with E-state index in [0.29, 0.717) is 16.7 Å². The van der Waals surface area contributed by atoms with Gasteiger partial charge in [0.15, 0.2) is 0 Å². The van der Waals surface area contributed by atoms with Gasteiger partial charge in [0.25, 0.3) is 0 Å². The van der Waals surface area contributed by atoms with Crippen molar-refractivity contribution in [3.8, 4) is 0 Å². The molecule has 1 heterocycles. The van der Waals surface area contributed by atoms with Crippen molar-refractivity contribution in [3.05, 3.63) is 28.0 Å². The number of rotatable bonds is 2. The van der Waals surface area contributed by atoms with Crippen molar-refractivity contribution in [2.75, 3.05) is 7.05 Å².